The van der Waals surface area contributed by atoms with E-state index in [-0.39, 0.29) is 18.7 Å². The molecule has 0 atom stereocenters. The van der Waals surface area contributed by atoms with E-state index in [1.807, 2.05) is 38.4 Å². The van der Waals surface area contributed by atoms with Crippen LogP contribution in [0.5, 0.6) is 0 Å². The highest BCUT2D eigenvalue weighted by Crippen LogP contribution is 2.38. The van der Waals surface area contributed by atoms with Crippen molar-refractivity contribution in [2.75, 3.05) is 24.7 Å². The summed E-state index contributed by atoms with van der Waals surface area (Å²) >= 11 is 0. The topological polar surface area (TPSA) is 118 Å². The molecule has 0 bridgehead atoms. The highest BCUT2D eigenvalue weighted by atomic mass is 16.4. The number of nitrogens with one attached hydrogen (secondary N) is 2. The lowest BCUT2D eigenvalue weighted by Crippen LogP contribution is -2.11. The van der Waals surface area contributed by atoms with Crippen LogP contribution in [0.3, 0.4) is 0 Å². The van der Waals surface area contributed by atoms with Crippen molar-refractivity contribution in [2.45, 2.75) is 19.4 Å². The molecule has 8 nitrogen and oxygen atoms in total. The first kappa shape index (κ1) is 23.7. The van der Waals surface area contributed by atoms with Crippen LogP contribution in [0.25, 0.3) is 11.3 Å². The SMILES string of the molecule is CN(C)Cc1ccc(N/C(=C2\C(=O)Nc3cc(C#N)ccc32)c2ccnc(CCC(=O)O)c2)cc1. The van der Waals surface area contributed by atoms with Crippen LogP contribution in [0, 0.1) is 11.3 Å². The Morgan fingerprint density at radius 1 is 1.14 bits per heavy atom. The van der Waals surface area contributed by atoms with Crippen molar-refractivity contribution in [1.29, 1.82) is 5.26 Å². The Labute approximate surface area is 203 Å². The monoisotopic (exact) mass is 467 g/mol. The fourth-order valence-electron chi connectivity index (χ4n) is 3.98. The summed E-state index contributed by atoms with van der Waals surface area (Å²) in [6.45, 7) is 0.808. The van der Waals surface area contributed by atoms with Crippen molar-refractivity contribution >= 4 is 34.5 Å². The first-order valence-electron chi connectivity index (χ1n) is 11.1. The van der Waals surface area contributed by atoms with E-state index in [4.69, 9.17) is 5.11 Å². The van der Waals surface area contributed by atoms with Gasteiger partial charge in [0.2, 0.25) is 0 Å². The van der Waals surface area contributed by atoms with Gasteiger partial charge in [0.25, 0.3) is 5.91 Å². The Bertz CT molecular complexity index is 1350. The lowest BCUT2D eigenvalue weighted by Gasteiger charge is -2.16. The van der Waals surface area contributed by atoms with Crippen LogP contribution >= 0.6 is 0 Å². The Hall–Kier alpha value is -4.48. The second-order valence-electron chi connectivity index (χ2n) is 8.57. The van der Waals surface area contributed by atoms with Gasteiger partial charge >= 0.3 is 5.97 Å². The van der Waals surface area contributed by atoms with Crippen LogP contribution in [-0.4, -0.2) is 41.0 Å². The number of carbonyl (C=O) groups is 2. The molecule has 0 radical (unpaired) electrons. The summed E-state index contributed by atoms with van der Waals surface area (Å²) in [6, 6.07) is 18.7. The van der Waals surface area contributed by atoms with Crippen molar-refractivity contribution in [1.82, 2.24) is 9.88 Å². The quantitative estimate of drug-likeness (QED) is 0.429. The highest BCUT2D eigenvalue weighted by molar-refractivity contribution is 6.37. The summed E-state index contributed by atoms with van der Waals surface area (Å²) in [6.07, 6.45) is 1.85. The van der Waals surface area contributed by atoms with E-state index in [2.05, 4.69) is 26.6 Å². The summed E-state index contributed by atoms with van der Waals surface area (Å²) in [5, 5.41) is 24.6. The van der Waals surface area contributed by atoms with Gasteiger partial charge < -0.3 is 20.6 Å². The number of aliphatic carboxylic acids is 1. The second-order valence-corrected chi connectivity index (χ2v) is 8.57. The van der Waals surface area contributed by atoms with E-state index in [1.165, 1.54) is 0 Å². The van der Waals surface area contributed by atoms with Crippen LogP contribution in [0.1, 0.15) is 34.4 Å². The largest absolute Gasteiger partial charge is 0.481 e. The average molecular weight is 468 g/mol. The van der Waals surface area contributed by atoms with Gasteiger partial charge in [-0.3, -0.25) is 14.6 Å². The maximum atomic E-state index is 13.1. The number of carboxylic acid groups (broad SMARTS) is 1. The van der Waals surface area contributed by atoms with Gasteiger partial charge in [0.05, 0.1) is 35.0 Å². The predicted octanol–water partition coefficient (Wildman–Crippen LogP) is 3.96. The fourth-order valence-corrected chi connectivity index (χ4v) is 3.98. The molecule has 1 amide bonds. The first-order valence-corrected chi connectivity index (χ1v) is 11.1. The minimum Gasteiger partial charge on any atom is -0.481 e. The van der Waals surface area contributed by atoms with Gasteiger partial charge in [0.15, 0.2) is 0 Å². The molecule has 1 aliphatic heterocycles. The molecule has 1 aliphatic rings. The summed E-state index contributed by atoms with van der Waals surface area (Å²) < 4.78 is 0. The Kier molecular flexibility index (Phi) is 6.90. The molecule has 0 aliphatic carbocycles. The number of anilines is 2. The molecule has 3 aromatic rings. The molecule has 2 aromatic carbocycles. The molecule has 0 fully saturated rings. The van der Waals surface area contributed by atoms with Crippen LogP contribution in [0.15, 0.2) is 60.8 Å². The molecule has 0 saturated carbocycles. The van der Waals surface area contributed by atoms with Gasteiger partial charge in [-0.05, 0) is 56.1 Å². The van der Waals surface area contributed by atoms with Gasteiger partial charge in [-0.1, -0.05) is 18.2 Å². The minimum absolute atomic E-state index is 0.0383. The Morgan fingerprint density at radius 3 is 2.60 bits per heavy atom. The number of carbonyl (C=O) groups excluding carboxylic acids is 1. The number of carboxylic acids is 1. The number of benzene rings is 2. The standard InChI is InChI=1S/C27H25N5O3/c1-32(2)16-17-3-6-20(7-4-17)30-26(19-11-12-29-21(14-19)8-10-24(33)34)25-22-9-5-18(15-28)13-23(22)31-27(25)35/h3-7,9,11-14,30H,8,10,16H2,1-2H3,(H,31,35)(H,33,34)/b26-25-. The zero-order chi connectivity index (χ0) is 24.9. The van der Waals surface area contributed by atoms with Crippen LogP contribution in [-0.2, 0) is 22.6 Å². The molecular weight excluding hydrogens is 442 g/mol. The van der Waals surface area contributed by atoms with Crippen LogP contribution in [0.4, 0.5) is 11.4 Å². The molecule has 2 heterocycles. The lowest BCUT2D eigenvalue weighted by molar-refractivity contribution is -0.137. The lowest BCUT2D eigenvalue weighted by atomic mass is 9.98. The van der Waals surface area contributed by atoms with E-state index >= 15 is 0 Å². The minimum atomic E-state index is -0.899. The number of fused-ring (bicyclic) bond motifs is 1. The van der Waals surface area contributed by atoms with Crippen molar-refractivity contribution in [3.05, 3.63) is 88.7 Å². The molecule has 0 spiro atoms. The fraction of sp³-hybridized carbons (Fsp3) is 0.185. The van der Waals surface area contributed by atoms with E-state index in [9.17, 15) is 14.9 Å². The number of pyridine rings is 1. The van der Waals surface area contributed by atoms with Crippen molar-refractivity contribution in [2.24, 2.45) is 0 Å². The maximum Gasteiger partial charge on any atom is 0.303 e. The molecule has 3 N–H and O–H groups in total. The van der Waals surface area contributed by atoms with E-state index < -0.39 is 5.97 Å². The number of rotatable bonds is 8. The van der Waals surface area contributed by atoms with Crippen molar-refractivity contribution < 1.29 is 14.7 Å². The third-order valence-corrected chi connectivity index (χ3v) is 5.57. The number of aromatic nitrogens is 1. The summed E-state index contributed by atoms with van der Waals surface area (Å²) in [4.78, 5) is 30.5. The molecule has 35 heavy (non-hydrogen) atoms. The third-order valence-electron chi connectivity index (χ3n) is 5.57. The molecule has 4 rings (SSSR count). The second kappa shape index (κ2) is 10.2. The van der Waals surface area contributed by atoms with E-state index in [0.29, 0.717) is 39.3 Å². The number of amides is 1. The molecular formula is C27H25N5O3. The summed E-state index contributed by atoms with van der Waals surface area (Å²) in [5.41, 5.74) is 6.01. The van der Waals surface area contributed by atoms with Crippen LogP contribution < -0.4 is 10.6 Å². The maximum absolute atomic E-state index is 13.1. The Balaban J connectivity index is 1.80. The number of hydrogen-bond acceptors (Lipinski definition) is 6. The number of aryl methyl sites for hydroxylation is 1. The van der Waals surface area contributed by atoms with Gasteiger partial charge in [-0.25, -0.2) is 0 Å². The van der Waals surface area contributed by atoms with Crippen molar-refractivity contribution in [3.63, 3.8) is 0 Å². The molecule has 0 unspecified atom stereocenters. The van der Waals surface area contributed by atoms with Gasteiger partial charge in [0, 0.05) is 41.7 Å². The zero-order valence-electron chi connectivity index (χ0n) is 19.5. The number of hydrogen-bond donors (Lipinski definition) is 3. The summed E-state index contributed by atoms with van der Waals surface area (Å²) in [5.74, 6) is -1.19. The average Bonchev–Trinajstić information content (AvgIpc) is 3.16. The van der Waals surface area contributed by atoms with E-state index in [0.717, 1.165) is 17.8 Å². The first-order chi connectivity index (χ1) is 16.8. The van der Waals surface area contributed by atoms with Crippen molar-refractivity contribution in [3.8, 4) is 6.07 Å². The third kappa shape index (κ3) is 5.54. The number of nitriles is 1. The zero-order valence-corrected chi connectivity index (χ0v) is 19.5. The smallest absolute Gasteiger partial charge is 0.303 e. The Morgan fingerprint density at radius 2 is 1.91 bits per heavy atom. The van der Waals surface area contributed by atoms with Gasteiger partial charge in [-0.2, -0.15) is 5.26 Å². The number of nitrogens with zero attached hydrogens (tertiary/aromatic N) is 3. The molecule has 0 saturated heterocycles. The molecule has 8 heteroatoms. The molecule has 1 aromatic heterocycles. The molecule has 176 valence electrons. The van der Waals surface area contributed by atoms with Crippen LogP contribution in [0.2, 0.25) is 0 Å². The highest BCUT2D eigenvalue weighted by Gasteiger charge is 2.29. The predicted molar refractivity (Wildman–Crippen MR) is 134 cm³/mol. The van der Waals surface area contributed by atoms with E-state index in [1.54, 1.807) is 36.5 Å². The normalized spacial score (nSPS) is 13.7. The summed E-state index contributed by atoms with van der Waals surface area (Å²) in [7, 11) is 4.02. The van der Waals surface area contributed by atoms with Gasteiger partial charge in [0.1, 0.15) is 0 Å². The van der Waals surface area contributed by atoms with Gasteiger partial charge in [-0.15, -0.1) is 0 Å².